The molecule has 1 saturated heterocycles. The van der Waals surface area contributed by atoms with Gasteiger partial charge in [0.25, 0.3) is 17.7 Å². The smallest absolute Gasteiger partial charge is 0.261 e. The number of hydrogen-bond acceptors (Lipinski definition) is 4. The van der Waals surface area contributed by atoms with Gasteiger partial charge in [0.2, 0.25) is 0 Å². The summed E-state index contributed by atoms with van der Waals surface area (Å²) < 4.78 is 0. The molecule has 30 heavy (non-hydrogen) atoms. The molecular weight excluding hydrogens is 378 g/mol. The number of nitrogens with one attached hydrogen (secondary N) is 1. The fourth-order valence-corrected chi connectivity index (χ4v) is 3.97. The summed E-state index contributed by atoms with van der Waals surface area (Å²) in [7, 11) is 0. The molecule has 0 aromatic heterocycles. The van der Waals surface area contributed by atoms with Gasteiger partial charge >= 0.3 is 0 Å². The van der Waals surface area contributed by atoms with Gasteiger partial charge in [-0.1, -0.05) is 30.3 Å². The van der Waals surface area contributed by atoms with Gasteiger partial charge < -0.3 is 5.32 Å². The standard InChI is InChI=1S/C24H25N3O3/c1-2-11-27-23(29)20-10-9-19(14-21(20)24(27)30)22(28)25-15-17-5-7-18(8-6-17)16-26-12-3-4-13-26/h2,5-10,14H,1,3-4,11-13,15-16H2,(H,25,28). The van der Waals surface area contributed by atoms with Crippen LogP contribution in [0, 0.1) is 0 Å². The van der Waals surface area contributed by atoms with Crippen LogP contribution in [0.4, 0.5) is 0 Å². The second-order valence-electron chi connectivity index (χ2n) is 7.75. The van der Waals surface area contributed by atoms with Gasteiger partial charge in [-0.2, -0.15) is 0 Å². The molecule has 2 aromatic carbocycles. The first-order valence-electron chi connectivity index (χ1n) is 10.3. The molecule has 0 atom stereocenters. The second-order valence-corrected chi connectivity index (χ2v) is 7.75. The summed E-state index contributed by atoms with van der Waals surface area (Å²) in [5.41, 5.74) is 3.24. The lowest BCUT2D eigenvalue weighted by atomic mass is 10.1. The number of carbonyl (C=O) groups is 3. The normalized spacial score (nSPS) is 16.1. The van der Waals surface area contributed by atoms with Crippen molar-refractivity contribution in [2.75, 3.05) is 19.6 Å². The third kappa shape index (κ3) is 4.04. The molecule has 3 amide bonds. The van der Waals surface area contributed by atoms with E-state index in [4.69, 9.17) is 0 Å². The molecule has 0 spiro atoms. The fraction of sp³-hybridized carbons (Fsp3) is 0.292. The van der Waals surface area contributed by atoms with E-state index in [0.29, 0.717) is 17.7 Å². The van der Waals surface area contributed by atoms with Gasteiger partial charge in [0.05, 0.1) is 11.1 Å². The summed E-state index contributed by atoms with van der Waals surface area (Å²) in [6.07, 6.45) is 4.06. The molecule has 1 fully saturated rings. The molecular formula is C24H25N3O3. The highest BCUT2D eigenvalue weighted by molar-refractivity contribution is 6.22. The van der Waals surface area contributed by atoms with E-state index in [1.807, 2.05) is 12.1 Å². The minimum absolute atomic E-state index is 0.154. The molecule has 0 radical (unpaired) electrons. The number of likely N-dealkylation sites (tertiary alicyclic amines) is 1. The highest BCUT2D eigenvalue weighted by atomic mass is 16.2. The maximum Gasteiger partial charge on any atom is 0.261 e. The van der Waals surface area contributed by atoms with Gasteiger partial charge in [-0.25, -0.2) is 0 Å². The number of carbonyl (C=O) groups excluding carboxylic acids is 3. The van der Waals surface area contributed by atoms with Crippen molar-refractivity contribution < 1.29 is 14.4 Å². The summed E-state index contributed by atoms with van der Waals surface area (Å²) in [5, 5.41) is 2.89. The third-order valence-corrected chi connectivity index (χ3v) is 5.63. The first kappa shape index (κ1) is 20.0. The fourth-order valence-electron chi connectivity index (χ4n) is 3.97. The Balaban J connectivity index is 1.37. The van der Waals surface area contributed by atoms with E-state index in [2.05, 4.69) is 28.9 Å². The van der Waals surface area contributed by atoms with Crippen molar-refractivity contribution in [2.24, 2.45) is 0 Å². The molecule has 154 valence electrons. The van der Waals surface area contributed by atoms with E-state index in [1.54, 1.807) is 12.1 Å². The van der Waals surface area contributed by atoms with Crippen LogP contribution in [0.5, 0.6) is 0 Å². The van der Waals surface area contributed by atoms with Gasteiger partial charge in [-0.3, -0.25) is 24.2 Å². The van der Waals surface area contributed by atoms with Crippen molar-refractivity contribution in [3.05, 3.63) is 82.9 Å². The van der Waals surface area contributed by atoms with Gasteiger partial charge in [-0.15, -0.1) is 6.58 Å². The number of benzene rings is 2. The minimum Gasteiger partial charge on any atom is -0.348 e. The highest BCUT2D eigenvalue weighted by Crippen LogP contribution is 2.24. The van der Waals surface area contributed by atoms with Gasteiger partial charge in [0, 0.05) is 25.2 Å². The largest absolute Gasteiger partial charge is 0.348 e. The number of amides is 3. The SMILES string of the molecule is C=CCN1C(=O)c2ccc(C(=O)NCc3ccc(CN4CCCC4)cc3)cc2C1=O. The van der Waals surface area contributed by atoms with Gasteiger partial charge in [0.15, 0.2) is 0 Å². The minimum atomic E-state index is -0.391. The Morgan fingerprint density at radius 1 is 0.967 bits per heavy atom. The molecule has 0 aliphatic carbocycles. The predicted octanol–water partition coefficient (Wildman–Crippen LogP) is 2.99. The van der Waals surface area contributed by atoms with Crippen molar-refractivity contribution in [3.63, 3.8) is 0 Å². The summed E-state index contributed by atoms with van der Waals surface area (Å²) in [4.78, 5) is 40.9. The quantitative estimate of drug-likeness (QED) is 0.570. The Kier molecular flexibility index (Phi) is 5.77. The maximum atomic E-state index is 12.6. The summed E-state index contributed by atoms with van der Waals surface area (Å²) in [6, 6.07) is 12.9. The Bertz CT molecular complexity index is 991. The van der Waals surface area contributed by atoms with E-state index in [0.717, 1.165) is 30.1 Å². The lowest BCUT2D eigenvalue weighted by molar-refractivity contribution is 0.0672. The zero-order valence-electron chi connectivity index (χ0n) is 16.9. The maximum absolute atomic E-state index is 12.6. The third-order valence-electron chi connectivity index (χ3n) is 5.63. The molecule has 0 saturated carbocycles. The molecule has 6 nitrogen and oxygen atoms in total. The van der Waals surface area contributed by atoms with E-state index in [-0.39, 0.29) is 23.9 Å². The van der Waals surface area contributed by atoms with E-state index in [9.17, 15) is 14.4 Å². The average Bonchev–Trinajstić information content (AvgIpc) is 3.35. The van der Waals surface area contributed by atoms with Gasteiger partial charge in [-0.05, 0) is 55.3 Å². The zero-order valence-corrected chi connectivity index (χ0v) is 16.9. The summed E-state index contributed by atoms with van der Waals surface area (Å²) >= 11 is 0. The molecule has 0 bridgehead atoms. The van der Waals surface area contributed by atoms with Crippen LogP contribution < -0.4 is 5.32 Å². The second kappa shape index (κ2) is 8.63. The van der Waals surface area contributed by atoms with E-state index < -0.39 is 5.91 Å². The van der Waals surface area contributed by atoms with Crippen LogP contribution in [-0.2, 0) is 13.1 Å². The molecule has 4 rings (SSSR count). The van der Waals surface area contributed by atoms with Crippen LogP contribution in [0.2, 0.25) is 0 Å². The molecule has 1 N–H and O–H groups in total. The molecule has 6 heteroatoms. The molecule has 2 heterocycles. The number of rotatable bonds is 7. The Morgan fingerprint density at radius 3 is 2.33 bits per heavy atom. The number of fused-ring (bicyclic) bond motifs is 1. The van der Waals surface area contributed by atoms with Crippen LogP contribution in [0.15, 0.2) is 55.1 Å². The Morgan fingerprint density at radius 2 is 1.63 bits per heavy atom. The van der Waals surface area contributed by atoms with Gasteiger partial charge in [0.1, 0.15) is 0 Å². The zero-order chi connectivity index (χ0) is 21.1. The van der Waals surface area contributed by atoms with Crippen LogP contribution in [0.3, 0.4) is 0 Å². The number of hydrogen-bond donors (Lipinski definition) is 1. The number of nitrogens with zero attached hydrogens (tertiary/aromatic N) is 2. The molecule has 2 aliphatic rings. The molecule has 2 aromatic rings. The average molecular weight is 403 g/mol. The predicted molar refractivity (Wildman–Crippen MR) is 114 cm³/mol. The summed E-state index contributed by atoms with van der Waals surface area (Å²) in [6.45, 7) is 7.42. The number of imide groups is 1. The van der Waals surface area contributed by atoms with Crippen molar-refractivity contribution in [3.8, 4) is 0 Å². The molecule has 0 unspecified atom stereocenters. The lowest BCUT2D eigenvalue weighted by Crippen LogP contribution is -2.29. The van der Waals surface area contributed by atoms with E-state index in [1.165, 1.54) is 30.5 Å². The van der Waals surface area contributed by atoms with Crippen LogP contribution in [-0.4, -0.2) is 47.2 Å². The summed E-state index contributed by atoms with van der Waals surface area (Å²) in [5.74, 6) is -1.02. The monoisotopic (exact) mass is 403 g/mol. The molecule has 2 aliphatic heterocycles. The van der Waals surface area contributed by atoms with Crippen molar-refractivity contribution in [1.82, 2.24) is 15.1 Å². The highest BCUT2D eigenvalue weighted by Gasteiger charge is 2.35. The topological polar surface area (TPSA) is 69.7 Å². The first-order chi connectivity index (χ1) is 14.6. The Labute approximate surface area is 176 Å². The van der Waals surface area contributed by atoms with Crippen molar-refractivity contribution >= 4 is 17.7 Å². The first-order valence-corrected chi connectivity index (χ1v) is 10.3. The van der Waals surface area contributed by atoms with Crippen molar-refractivity contribution in [2.45, 2.75) is 25.9 Å². The Hall–Kier alpha value is -3.25. The van der Waals surface area contributed by atoms with Crippen LogP contribution in [0.1, 0.15) is 55.0 Å². The lowest BCUT2D eigenvalue weighted by Gasteiger charge is -2.14. The van der Waals surface area contributed by atoms with Crippen LogP contribution in [0.25, 0.3) is 0 Å². The van der Waals surface area contributed by atoms with E-state index >= 15 is 0 Å². The van der Waals surface area contributed by atoms with Crippen molar-refractivity contribution in [1.29, 1.82) is 0 Å². The van der Waals surface area contributed by atoms with Crippen LogP contribution >= 0.6 is 0 Å².